The summed E-state index contributed by atoms with van der Waals surface area (Å²) < 4.78 is 1.78. The number of benzene rings is 1. The minimum absolute atomic E-state index is 0.0808. The third kappa shape index (κ3) is 5.83. The van der Waals surface area contributed by atoms with Crippen LogP contribution in [0, 0.1) is 12.8 Å². The Hall–Kier alpha value is -4.10. The number of anilines is 4. The molecule has 4 N–H and O–H groups in total. The number of fused-ring (bicyclic) bond motifs is 1. The van der Waals surface area contributed by atoms with Crippen LogP contribution < -0.4 is 16.0 Å². The maximum absolute atomic E-state index is 13.0. The van der Waals surface area contributed by atoms with Crippen LogP contribution in [-0.4, -0.2) is 79.5 Å². The molecule has 0 bridgehead atoms. The van der Waals surface area contributed by atoms with Gasteiger partial charge >= 0.3 is 6.03 Å². The van der Waals surface area contributed by atoms with Crippen LogP contribution in [0.4, 0.5) is 28.1 Å². The van der Waals surface area contributed by atoms with Gasteiger partial charge in [0, 0.05) is 54.4 Å². The van der Waals surface area contributed by atoms with Gasteiger partial charge in [-0.3, -0.25) is 15.2 Å². The summed E-state index contributed by atoms with van der Waals surface area (Å²) in [7, 11) is 2.05. The number of nitrogens with zero attached hydrogens (tertiary/aromatic N) is 6. The molecule has 2 fully saturated rings. The van der Waals surface area contributed by atoms with Crippen molar-refractivity contribution in [2.45, 2.75) is 29.8 Å². The van der Waals surface area contributed by atoms with Crippen molar-refractivity contribution < 1.29 is 9.59 Å². The summed E-state index contributed by atoms with van der Waals surface area (Å²) in [5.41, 5.74) is 2.31. The molecular formula is C26H30N10O2S. The van der Waals surface area contributed by atoms with Crippen molar-refractivity contribution in [1.29, 1.82) is 0 Å². The van der Waals surface area contributed by atoms with Gasteiger partial charge in [0.1, 0.15) is 11.5 Å². The number of aryl methyl sites for hydroxylation is 1. The normalized spacial score (nSPS) is 15.9. The van der Waals surface area contributed by atoms with Crippen molar-refractivity contribution in [3.05, 3.63) is 48.2 Å². The van der Waals surface area contributed by atoms with E-state index in [9.17, 15) is 9.59 Å². The van der Waals surface area contributed by atoms with Crippen molar-refractivity contribution in [3.8, 4) is 0 Å². The second kappa shape index (κ2) is 10.6. The fourth-order valence-electron chi connectivity index (χ4n) is 4.32. The van der Waals surface area contributed by atoms with Crippen molar-refractivity contribution in [2.24, 2.45) is 5.92 Å². The maximum Gasteiger partial charge on any atom is 0.323 e. The second-order valence-electron chi connectivity index (χ2n) is 9.91. The molecule has 202 valence electrons. The first-order valence-corrected chi connectivity index (χ1v) is 13.7. The number of carbonyl (C=O) groups excluding carboxylic acids is 2. The zero-order valence-corrected chi connectivity index (χ0v) is 22.6. The Balaban J connectivity index is 1.25. The Morgan fingerprint density at radius 2 is 1.77 bits per heavy atom. The molecule has 1 aliphatic heterocycles. The first-order valence-electron chi connectivity index (χ1n) is 12.9. The molecule has 4 aromatic rings. The fourth-order valence-corrected chi connectivity index (χ4v) is 5.08. The molecule has 1 aliphatic carbocycles. The number of piperazine rings is 1. The maximum atomic E-state index is 13.0. The van der Waals surface area contributed by atoms with Crippen LogP contribution in [0.2, 0.25) is 0 Å². The lowest BCUT2D eigenvalue weighted by molar-refractivity contribution is -0.117. The summed E-state index contributed by atoms with van der Waals surface area (Å²) >= 11 is 1.41. The number of H-pyrrole nitrogens is 1. The van der Waals surface area contributed by atoms with Crippen molar-refractivity contribution >= 4 is 52.6 Å². The number of urea groups is 1. The van der Waals surface area contributed by atoms with Crippen LogP contribution >= 0.6 is 11.8 Å². The van der Waals surface area contributed by atoms with Crippen LogP contribution in [0.25, 0.3) is 5.65 Å². The molecule has 0 spiro atoms. The van der Waals surface area contributed by atoms with E-state index in [4.69, 9.17) is 9.97 Å². The average molecular weight is 547 g/mol. The van der Waals surface area contributed by atoms with Gasteiger partial charge < -0.3 is 20.4 Å². The smallest absolute Gasteiger partial charge is 0.323 e. The number of rotatable bonds is 7. The highest BCUT2D eigenvalue weighted by Crippen LogP contribution is 2.32. The van der Waals surface area contributed by atoms with Crippen LogP contribution in [0.5, 0.6) is 0 Å². The molecule has 12 nitrogen and oxygen atoms in total. The third-order valence-corrected chi connectivity index (χ3v) is 7.61. The molecule has 3 aromatic heterocycles. The zero-order chi connectivity index (χ0) is 26.9. The first kappa shape index (κ1) is 25.2. The van der Waals surface area contributed by atoms with Crippen LogP contribution in [0.1, 0.15) is 18.5 Å². The Bertz CT molecular complexity index is 1500. The molecule has 6 rings (SSSR count). The van der Waals surface area contributed by atoms with E-state index in [1.54, 1.807) is 4.40 Å². The highest BCUT2D eigenvalue weighted by Gasteiger charge is 2.29. The van der Waals surface area contributed by atoms with Crippen LogP contribution in [0.3, 0.4) is 0 Å². The summed E-state index contributed by atoms with van der Waals surface area (Å²) in [6.07, 6.45) is 1.93. The predicted molar refractivity (Wildman–Crippen MR) is 150 cm³/mol. The Kier molecular flexibility index (Phi) is 6.83. The lowest BCUT2D eigenvalue weighted by Gasteiger charge is -2.32. The summed E-state index contributed by atoms with van der Waals surface area (Å²) in [6, 6.07) is 13.0. The highest BCUT2D eigenvalue weighted by molar-refractivity contribution is 7.99. The molecule has 39 heavy (non-hydrogen) atoms. The topological polar surface area (TPSA) is 136 Å². The molecule has 1 saturated heterocycles. The summed E-state index contributed by atoms with van der Waals surface area (Å²) in [5.74, 6) is 1.88. The molecule has 4 heterocycles. The van der Waals surface area contributed by atoms with Crippen molar-refractivity contribution in [3.63, 3.8) is 0 Å². The molecule has 0 atom stereocenters. The largest absolute Gasteiger partial charge is 0.326 e. The Morgan fingerprint density at radius 3 is 2.46 bits per heavy atom. The molecule has 3 amide bonds. The minimum atomic E-state index is -0.156. The number of amides is 3. The van der Waals surface area contributed by atoms with E-state index in [0.29, 0.717) is 41.5 Å². The van der Waals surface area contributed by atoms with E-state index < -0.39 is 0 Å². The van der Waals surface area contributed by atoms with Gasteiger partial charge in [0.05, 0.1) is 0 Å². The van der Waals surface area contributed by atoms with E-state index >= 15 is 0 Å². The zero-order valence-electron chi connectivity index (χ0n) is 21.8. The van der Waals surface area contributed by atoms with Gasteiger partial charge in [-0.25, -0.2) is 14.2 Å². The quantitative estimate of drug-likeness (QED) is 0.275. The predicted octanol–water partition coefficient (Wildman–Crippen LogP) is 3.78. The molecular weight excluding hydrogens is 516 g/mol. The van der Waals surface area contributed by atoms with Gasteiger partial charge in [0.15, 0.2) is 11.0 Å². The van der Waals surface area contributed by atoms with Gasteiger partial charge in [-0.1, -0.05) is 0 Å². The van der Waals surface area contributed by atoms with Crippen molar-refractivity contribution in [1.82, 2.24) is 34.4 Å². The number of hydrogen-bond acceptors (Lipinski definition) is 8. The Labute approximate surface area is 229 Å². The van der Waals surface area contributed by atoms with Crippen LogP contribution in [-0.2, 0) is 4.79 Å². The van der Waals surface area contributed by atoms with Gasteiger partial charge in [0.2, 0.25) is 11.9 Å². The minimum Gasteiger partial charge on any atom is -0.326 e. The van der Waals surface area contributed by atoms with Gasteiger partial charge in [-0.2, -0.15) is 10.1 Å². The molecule has 0 unspecified atom stereocenters. The van der Waals surface area contributed by atoms with Gasteiger partial charge in [0.25, 0.3) is 0 Å². The standard InChI is InChI=1S/C26H30N10O2S/c1-16-15-20(33-32-16)28-24-31-25(39-19-7-5-18(6-8-19)27-23(37)17-3-4-17)29-21-9-10-22(36(21)24)30-26(38)35-13-11-34(2)12-14-35/h5-10,15,17H,3-4,11-14H2,1-2H3,(H,27,37)(H,30,38)(H2,28,29,31,32,33). The highest BCUT2D eigenvalue weighted by atomic mass is 32.2. The van der Waals surface area contributed by atoms with Crippen LogP contribution in [0.15, 0.2) is 52.5 Å². The summed E-state index contributed by atoms with van der Waals surface area (Å²) in [4.78, 5) is 39.5. The van der Waals surface area contributed by atoms with E-state index in [-0.39, 0.29) is 17.9 Å². The molecule has 2 aliphatic rings. The van der Waals surface area contributed by atoms with E-state index in [2.05, 4.69) is 38.1 Å². The summed E-state index contributed by atoms with van der Waals surface area (Å²) in [6.45, 7) is 4.94. The van der Waals surface area contributed by atoms with Gasteiger partial charge in [-0.15, -0.1) is 0 Å². The molecule has 1 saturated carbocycles. The monoisotopic (exact) mass is 546 g/mol. The number of nitrogens with one attached hydrogen (secondary N) is 4. The second-order valence-corrected chi connectivity index (χ2v) is 11.0. The van der Waals surface area contributed by atoms with E-state index in [1.165, 1.54) is 11.8 Å². The van der Waals surface area contributed by atoms with Crippen molar-refractivity contribution in [2.75, 3.05) is 49.2 Å². The molecule has 13 heteroatoms. The average Bonchev–Trinajstić information content (AvgIpc) is 3.59. The van der Waals surface area contributed by atoms with E-state index in [0.717, 1.165) is 42.2 Å². The SMILES string of the molecule is Cc1cc(Nc2nc(Sc3ccc(NC(=O)C4CC4)cc3)nc3ccc(NC(=O)N4CCN(C)CC4)n23)n[nH]1. The summed E-state index contributed by atoms with van der Waals surface area (Å²) in [5, 5.41) is 17.0. The number of carbonyl (C=O) groups is 2. The fraction of sp³-hybridized carbons (Fsp3) is 0.346. The number of hydrogen-bond donors (Lipinski definition) is 4. The Morgan fingerprint density at radius 1 is 1.00 bits per heavy atom. The first-order chi connectivity index (χ1) is 18.9. The third-order valence-electron chi connectivity index (χ3n) is 6.73. The van der Waals surface area contributed by atoms with E-state index in [1.807, 2.05) is 54.3 Å². The van der Waals surface area contributed by atoms with Gasteiger partial charge in [-0.05, 0) is 75.0 Å². The lowest BCUT2D eigenvalue weighted by atomic mass is 10.3. The number of aromatic nitrogens is 5. The number of likely N-dealkylation sites (N-methyl/N-ethyl adjacent to an activating group) is 1. The number of aromatic amines is 1. The lowest BCUT2D eigenvalue weighted by Crippen LogP contribution is -2.48. The molecule has 0 radical (unpaired) electrons. The molecule has 1 aromatic carbocycles.